The van der Waals surface area contributed by atoms with Gasteiger partial charge in [0.05, 0.1) is 26.0 Å². The van der Waals surface area contributed by atoms with Crippen LogP contribution in [0.25, 0.3) is 27.8 Å². The van der Waals surface area contributed by atoms with Gasteiger partial charge in [0.15, 0.2) is 5.65 Å². The molecule has 0 radical (unpaired) electrons. The van der Waals surface area contributed by atoms with Crippen LogP contribution in [-0.4, -0.2) is 41.7 Å². The first-order chi connectivity index (χ1) is 14.1. The van der Waals surface area contributed by atoms with Gasteiger partial charge in [-0.05, 0) is 24.6 Å². The Kier molecular flexibility index (Phi) is 5.58. The van der Waals surface area contributed by atoms with E-state index < -0.39 is 0 Å². The molecule has 4 rings (SSSR count). The third-order valence-corrected chi connectivity index (χ3v) is 5.13. The van der Waals surface area contributed by atoms with Crippen LogP contribution in [0.4, 0.5) is 5.82 Å². The summed E-state index contributed by atoms with van der Waals surface area (Å²) in [5.41, 5.74) is 5.57. The molecule has 0 spiro atoms. The van der Waals surface area contributed by atoms with Crippen molar-refractivity contribution in [3.8, 4) is 16.8 Å². The Morgan fingerprint density at radius 3 is 2.45 bits per heavy atom. The van der Waals surface area contributed by atoms with Gasteiger partial charge in [-0.15, -0.1) is 0 Å². The second-order valence-corrected chi connectivity index (χ2v) is 7.77. The van der Waals surface area contributed by atoms with Gasteiger partial charge in [0.25, 0.3) is 0 Å². The second-order valence-electron chi connectivity index (χ2n) is 7.77. The quantitative estimate of drug-likeness (QED) is 0.479. The molecule has 0 saturated heterocycles. The van der Waals surface area contributed by atoms with Crippen LogP contribution >= 0.6 is 0 Å². The molecule has 0 bridgehead atoms. The average Bonchev–Trinajstić information content (AvgIpc) is 3.13. The molecule has 4 aromatic rings. The Balaban J connectivity index is 1.81. The standard InChI is InChI=1S/C24H27N5/c1-18-10-12-20(13-11-18)29-16-21(19-8-5-4-6-9-19)22-23(26-17-27-24(22)29)25-14-7-15-28(2)3/h4-6,8-13,16-17H,7,14-15H2,1-3H3,(H,25,26,27)/p+1. The van der Waals surface area contributed by atoms with Crippen molar-refractivity contribution >= 4 is 16.9 Å². The van der Waals surface area contributed by atoms with Crippen molar-refractivity contribution < 1.29 is 4.90 Å². The van der Waals surface area contributed by atoms with E-state index in [0.29, 0.717) is 0 Å². The summed E-state index contributed by atoms with van der Waals surface area (Å²) in [5.74, 6) is 0.897. The first kappa shape index (κ1) is 19.2. The minimum Gasteiger partial charge on any atom is -0.369 e. The Labute approximate surface area is 172 Å². The van der Waals surface area contributed by atoms with E-state index in [2.05, 4.69) is 95.6 Å². The molecule has 29 heavy (non-hydrogen) atoms. The highest BCUT2D eigenvalue weighted by Crippen LogP contribution is 2.35. The number of benzene rings is 2. The number of anilines is 1. The van der Waals surface area contributed by atoms with E-state index in [-0.39, 0.29) is 0 Å². The highest BCUT2D eigenvalue weighted by Gasteiger charge is 2.17. The number of nitrogens with one attached hydrogen (secondary N) is 2. The van der Waals surface area contributed by atoms with Crippen LogP contribution in [0, 0.1) is 6.92 Å². The summed E-state index contributed by atoms with van der Waals surface area (Å²) in [6.45, 7) is 4.12. The van der Waals surface area contributed by atoms with Gasteiger partial charge in [0.2, 0.25) is 0 Å². The molecule has 0 aliphatic carbocycles. The zero-order valence-electron chi connectivity index (χ0n) is 17.3. The monoisotopic (exact) mass is 386 g/mol. The SMILES string of the molecule is Cc1ccc(-n2cc(-c3ccccc3)c3c(NCCC[NH+](C)C)ncnc32)cc1. The summed E-state index contributed by atoms with van der Waals surface area (Å²) < 4.78 is 2.16. The van der Waals surface area contributed by atoms with Gasteiger partial charge >= 0.3 is 0 Å². The summed E-state index contributed by atoms with van der Waals surface area (Å²) in [7, 11) is 4.36. The first-order valence-corrected chi connectivity index (χ1v) is 10.1. The molecular weight excluding hydrogens is 358 g/mol. The second kappa shape index (κ2) is 8.45. The highest BCUT2D eigenvalue weighted by molar-refractivity contribution is 6.02. The molecule has 2 aromatic carbocycles. The van der Waals surface area contributed by atoms with Crippen LogP contribution in [0.3, 0.4) is 0 Å². The predicted molar refractivity (Wildman–Crippen MR) is 120 cm³/mol. The Morgan fingerprint density at radius 2 is 1.72 bits per heavy atom. The fourth-order valence-corrected chi connectivity index (χ4v) is 3.58. The van der Waals surface area contributed by atoms with Crippen molar-refractivity contribution in [2.75, 3.05) is 32.5 Å². The molecule has 0 atom stereocenters. The fraction of sp³-hybridized carbons (Fsp3) is 0.250. The van der Waals surface area contributed by atoms with E-state index in [1.807, 2.05) is 6.07 Å². The topological polar surface area (TPSA) is 47.2 Å². The third kappa shape index (κ3) is 4.15. The largest absolute Gasteiger partial charge is 0.369 e. The van der Waals surface area contributed by atoms with Gasteiger partial charge in [-0.3, -0.25) is 0 Å². The van der Waals surface area contributed by atoms with Crippen LogP contribution in [0.2, 0.25) is 0 Å². The van der Waals surface area contributed by atoms with Gasteiger partial charge in [0, 0.05) is 30.4 Å². The molecule has 0 aliphatic rings. The van der Waals surface area contributed by atoms with Crippen molar-refractivity contribution in [2.24, 2.45) is 0 Å². The minimum atomic E-state index is 0.890. The number of aromatic nitrogens is 3. The van der Waals surface area contributed by atoms with E-state index >= 15 is 0 Å². The van der Waals surface area contributed by atoms with Crippen molar-refractivity contribution in [2.45, 2.75) is 13.3 Å². The summed E-state index contributed by atoms with van der Waals surface area (Å²) in [4.78, 5) is 10.7. The first-order valence-electron chi connectivity index (χ1n) is 10.1. The van der Waals surface area contributed by atoms with Crippen molar-refractivity contribution in [1.82, 2.24) is 14.5 Å². The molecule has 148 valence electrons. The highest BCUT2D eigenvalue weighted by atomic mass is 15.1. The molecule has 0 unspecified atom stereocenters. The van der Waals surface area contributed by atoms with Crippen LogP contribution in [0.15, 0.2) is 67.1 Å². The molecule has 0 amide bonds. The average molecular weight is 387 g/mol. The predicted octanol–water partition coefficient (Wildman–Crippen LogP) is 3.34. The van der Waals surface area contributed by atoms with E-state index in [1.165, 1.54) is 16.0 Å². The number of quaternary nitrogens is 1. The zero-order valence-corrected chi connectivity index (χ0v) is 17.3. The molecule has 5 nitrogen and oxygen atoms in total. The van der Waals surface area contributed by atoms with Crippen molar-refractivity contribution in [3.05, 3.63) is 72.7 Å². The minimum absolute atomic E-state index is 0.890. The molecule has 2 heterocycles. The van der Waals surface area contributed by atoms with Gasteiger partial charge in [-0.25, -0.2) is 9.97 Å². The number of hydrogen-bond acceptors (Lipinski definition) is 3. The smallest absolute Gasteiger partial charge is 0.150 e. The van der Waals surface area contributed by atoms with Crippen LogP contribution in [0.1, 0.15) is 12.0 Å². The fourth-order valence-electron chi connectivity index (χ4n) is 3.58. The van der Waals surface area contributed by atoms with Crippen LogP contribution in [0.5, 0.6) is 0 Å². The summed E-state index contributed by atoms with van der Waals surface area (Å²) >= 11 is 0. The van der Waals surface area contributed by atoms with E-state index in [9.17, 15) is 0 Å². The molecule has 5 heteroatoms. The van der Waals surface area contributed by atoms with E-state index in [4.69, 9.17) is 0 Å². The van der Waals surface area contributed by atoms with Gasteiger partial charge in [-0.1, -0.05) is 48.0 Å². The molecule has 2 aromatic heterocycles. The van der Waals surface area contributed by atoms with Crippen molar-refractivity contribution in [1.29, 1.82) is 0 Å². The Morgan fingerprint density at radius 1 is 0.966 bits per heavy atom. The van der Waals surface area contributed by atoms with Gasteiger partial charge in [0.1, 0.15) is 12.1 Å². The molecule has 0 saturated carbocycles. The van der Waals surface area contributed by atoms with E-state index in [1.54, 1.807) is 6.33 Å². The number of fused-ring (bicyclic) bond motifs is 1. The summed E-state index contributed by atoms with van der Waals surface area (Å²) in [6, 6.07) is 19.0. The molecule has 2 N–H and O–H groups in total. The van der Waals surface area contributed by atoms with Crippen LogP contribution < -0.4 is 10.2 Å². The molecule has 0 aliphatic heterocycles. The Hall–Kier alpha value is -3.18. The van der Waals surface area contributed by atoms with Gasteiger partial charge < -0.3 is 14.8 Å². The number of aryl methyl sites for hydroxylation is 1. The molecule has 0 fully saturated rings. The lowest BCUT2D eigenvalue weighted by Crippen LogP contribution is -3.05. The normalized spacial score (nSPS) is 11.3. The van der Waals surface area contributed by atoms with Gasteiger partial charge in [-0.2, -0.15) is 0 Å². The molecular formula is C24H28N5+. The van der Waals surface area contributed by atoms with E-state index in [0.717, 1.165) is 47.6 Å². The van der Waals surface area contributed by atoms with Crippen molar-refractivity contribution in [3.63, 3.8) is 0 Å². The maximum atomic E-state index is 4.65. The summed E-state index contributed by atoms with van der Waals surface area (Å²) in [5, 5.41) is 4.62. The lowest BCUT2D eigenvalue weighted by Gasteiger charge is -2.10. The maximum Gasteiger partial charge on any atom is 0.150 e. The zero-order chi connectivity index (χ0) is 20.2. The number of hydrogen-bond donors (Lipinski definition) is 2. The number of rotatable bonds is 7. The number of nitrogens with zero attached hydrogens (tertiary/aromatic N) is 3. The maximum absolute atomic E-state index is 4.65. The summed E-state index contributed by atoms with van der Waals surface area (Å²) in [6.07, 6.45) is 4.92. The third-order valence-electron chi connectivity index (χ3n) is 5.13. The lowest BCUT2D eigenvalue weighted by molar-refractivity contribution is -0.858. The lowest BCUT2D eigenvalue weighted by atomic mass is 10.1. The van der Waals surface area contributed by atoms with Crippen LogP contribution in [-0.2, 0) is 0 Å². The Bertz CT molecular complexity index is 1080.